The number of nitrogens with zero attached hydrogens (tertiary/aromatic N) is 1. The van der Waals surface area contributed by atoms with Crippen LogP contribution in [0.1, 0.15) is 29.6 Å². The second-order valence-electron chi connectivity index (χ2n) is 5.12. The van der Waals surface area contributed by atoms with E-state index in [4.69, 9.17) is 9.47 Å². The largest absolute Gasteiger partial charge is 0.493 e. The topological polar surface area (TPSA) is 38.8 Å². The molecule has 1 unspecified atom stereocenters. The molecule has 2 rings (SSSR count). The molecule has 1 aromatic carbocycles. The number of amides is 1. The predicted molar refractivity (Wildman–Crippen MR) is 74.3 cm³/mol. The number of likely N-dealkylation sites (tertiary alicyclic amines) is 1. The highest BCUT2D eigenvalue weighted by molar-refractivity contribution is 5.95. The Morgan fingerprint density at radius 3 is 2.45 bits per heavy atom. The van der Waals surface area contributed by atoms with Crippen molar-refractivity contribution in [3.63, 3.8) is 0 Å². The number of carbonyl (C=O) groups is 1. The van der Waals surface area contributed by atoms with E-state index in [1.54, 1.807) is 0 Å². The highest BCUT2D eigenvalue weighted by Gasteiger charge is 2.46. The van der Waals surface area contributed by atoms with Crippen molar-refractivity contribution in [1.82, 2.24) is 4.90 Å². The van der Waals surface area contributed by atoms with E-state index in [2.05, 4.69) is 0 Å². The van der Waals surface area contributed by atoms with Crippen molar-refractivity contribution >= 4 is 5.91 Å². The van der Waals surface area contributed by atoms with Crippen LogP contribution in [0, 0.1) is 0 Å². The number of piperidine rings is 1. The van der Waals surface area contributed by atoms with Crippen molar-refractivity contribution in [1.29, 1.82) is 0 Å². The van der Waals surface area contributed by atoms with Gasteiger partial charge in [0.05, 0.1) is 14.2 Å². The minimum Gasteiger partial charge on any atom is -0.493 e. The fourth-order valence-electron chi connectivity index (χ4n) is 2.65. The molecule has 0 radical (unpaired) electrons. The third-order valence-corrected chi connectivity index (χ3v) is 3.77. The standard InChI is InChI=1S/C15H18F3NO3/c1-21-11-7-6-10(9-12(11)22-2)14(20)19-8-4-3-5-13(19)15(16,17)18/h6-7,9,13H,3-5,8H2,1-2H3. The summed E-state index contributed by atoms with van der Waals surface area (Å²) in [5, 5.41) is 0. The van der Waals surface area contributed by atoms with Gasteiger partial charge in [-0.3, -0.25) is 4.79 Å². The molecule has 7 heteroatoms. The van der Waals surface area contributed by atoms with Crippen molar-refractivity contribution in [2.45, 2.75) is 31.5 Å². The zero-order valence-corrected chi connectivity index (χ0v) is 12.4. The average Bonchev–Trinajstić information content (AvgIpc) is 2.52. The molecule has 1 fully saturated rings. The first kappa shape index (κ1) is 16.5. The van der Waals surface area contributed by atoms with Gasteiger partial charge in [-0.05, 0) is 37.5 Å². The van der Waals surface area contributed by atoms with Gasteiger partial charge in [0.15, 0.2) is 11.5 Å². The third-order valence-electron chi connectivity index (χ3n) is 3.77. The maximum absolute atomic E-state index is 13.1. The molecule has 1 aromatic rings. The maximum Gasteiger partial charge on any atom is 0.408 e. The van der Waals surface area contributed by atoms with Crippen LogP contribution >= 0.6 is 0 Å². The van der Waals surface area contributed by atoms with E-state index in [0.717, 1.165) is 4.90 Å². The van der Waals surface area contributed by atoms with Crippen LogP contribution in [0.5, 0.6) is 11.5 Å². The molecule has 1 amide bonds. The lowest BCUT2D eigenvalue weighted by Gasteiger charge is -2.36. The van der Waals surface area contributed by atoms with Gasteiger partial charge in [0, 0.05) is 12.1 Å². The fourth-order valence-corrected chi connectivity index (χ4v) is 2.65. The molecule has 1 aliphatic heterocycles. The molecule has 122 valence electrons. The summed E-state index contributed by atoms with van der Waals surface area (Å²) in [6.45, 7) is 0.108. The number of hydrogen-bond acceptors (Lipinski definition) is 3. The van der Waals surface area contributed by atoms with Crippen LogP contribution in [-0.4, -0.2) is 43.8 Å². The molecule has 1 atom stereocenters. The van der Waals surface area contributed by atoms with Gasteiger partial charge in [-0.1, -0.05) is 0 Å². The number of halogens is 3. The maximum atomic E-state index is 13.1. The molecule has 0 aliphatic carbocycles. The van der Waals surface area contributed by atoms with Crippen LogP contribution in [0.4, 0.5) is 13.2 Å². The van der Waals surface area contributed by atoms with E-state index in [0.29, 0.717) is 24.3 Å². The van der Waals surface area contributed by atoms with E-state index in [1.807, 2.05) is 0 Å². The zero-order valence-electron chi connectivity index (χ0n) is 12.4. The number of ether oxygens (including phenoxy) is 2. The van der Waals surface area contributed by atoms with E-state index in [9.17, 15) is 18.0 Å². The number of alkyl halides is 3. The Balaban J connectivity index is 2.29. The van der Waals surface area contributed by atoms with Gasteiger partial charge in [-0.25, -0.2) is 0 Å². The van der Waals surface area contributed by atoms with Gasteiger partial charge >= 0.3 is 6.18 Å². The van der Waals surface area contributed by atoms with Crippen molar-refractivity contribution in [3.05, 3.63) is 23.8 Å². The molecule has 1 heterocycles. The second-order valence-corrected chi connectivity index (χ2v) is 5.12. The predicted octanol–water partition coefficient (Wildman–Crippen LogP) is 3.26. The Kier molecular flexibility index (Phi) is 4.83. The quantitative estimate of drug-likeness (QED) is 0.859. The number of rotatable bonds is 3. The summed E-state index contributed by atoms with van der Waals surface area (Å²) in [6, 6.07) is 2.65. The van der Waals surface area contributed by atoms with Crippen LogP contribution in [0.3, 0.4) is 0 Å². The number of hydrogen-bond donors (Lipinski definition) is 0. The highest BCUT2D eigenvalue weighted by atomic mass is 19.4. The summed E-state index contributed by atoms with van der Waals surface area (Å²) in [4.78, 5) is 13.4. The molecule has 0 aromatic heterocycles. The first-order valence-electron chi connectivity index (χ1n) is 6.98. The normalized spacial score (nSPS) is 19.0. The number of carbonyl (C=O) groups excluding carboxylic acids is 1. The summed E-state index contributed by atoms with van der Waals surface area (Å²) >= 11 is 0. The molecular formula is C15H18F3NO3. The molecule has 0 saturated carbocycles. The molecule has 0 bridgehead atoms. The average molecular weight is 317 g/mol. The molecule has 0 N–H and O–H groups in total. The monoisotopic (exact) mass is 317 g/mol. The minimum absolute atomic E-state index is 0.0530. The van der Waals surface area contributed by atoms with E-state index in [-0.39, 0.29) is 18.5 Å². The molecule has 1 aliphatic rings. The Labute approximate surface area is 126 Å². The second kappa shape index (κ2) is 6.46. The van der Waals surface area contributed by atoms with Gasteiger partial charge in [-0.15, -0.1) is 0 Å². The Bertz CT molecular complexity index is 545. The van der Waals surface area contributed by atoms with Crippen LogP contribution in [0.25, 0.3) is 0 Å². The lowest BCUT2D eigenvalue weighted by molar-refractivity contribution is -0.183. The van der Waals surface area contributed by atoms with E-state index >= 15 is 0 Å². The van der Waals surface area contributed by atoms with E-state index in [1.165, 1.54) is 32.4 Å². The van der Waals surface area contributed by atoms with Gasteiger partial charge < -0.3 is 14.4 Å². The van der Waals surface area contributed by atoms with E-state index < -0.39 is 18.1 Å². The van der Waals surface area contributed by atoms with Crippen LogP contribution < -0.4 is 9.47 Å². The van der Waals surface area contributed by atoms with Crippen molar-refractivity contribution in [2.75, 3.05) is 20.8 Å². The van der Waals surface area contributed by atoms with Crippen molar-refractivity contribution < 1.29 is 27.4 Å². The first-order valence-corrected chi connectivity index (χ1v) is 6.98. The van der Waals surface area contributed by atoms with Crippen LogP contribution in [0.15, 0.2) is 18.2 Å². The molecule has 4 nitrogen and oxygen atoms in total. The summed E-state index contributed by atoms with van der Waals surface area (Å²) in [7, 11) is 2.86. The Hall–Kier alpha value is -1.92. The zero-order chi connectivity index (χ0) is 16.3. The van der Waals surface area contributed by atoms with Gasteiger partial charge in [0.2, 0.25) is 0 Å². The van der Waals surface area contributed by atoms with Crippen molar-refractivity contribution in [3.8, 4) is 11.5 Å². The minimum atomic E-state index is -4.41. The highest BCUT2D eigenvalue weighted by Crippen LogP contribution is 2.34. The molecule has 1 saturated heterocycles. The Morgan fingerprint density at radius 2 is 1.86 bits per heavy atom. The van der Waals surface area contributed by atoms with Gasteiger partial charge in [-0.2, -0.15) is 13.2 Å². The van der Waals surface area contributed by atoms with Gasteiger partial charge in [0.1, 0.15) is 6.04 Å². The Morgan fingerprint density at radius 1 is 1.18 bits per heavy atom. The summed E-state index contributed by atoms with van der Waals surface area (Å²) in [5.74, 6) is 0.0990. The molecule has 0 spiro atoms. The fraction of sp³-hybridized carbons (Fsp3) is 0.533. The first-order chi connectivity index (χ1) is 10.4. The number of methoxy groups -OCH3 is 2. The summed E-state index contributed by atoms with van der Waals surface area (Å²) in [6.07, 6.45) is -3.42. The smallest absolute Gasteiger partial charge is 0.408 e. The van der Waals surface area contributed by atoms with Crippen LogP contribution in [-0.2, 0) is 0 Å². The van der Waals surface area contributed by atoms with Crippen LogP contribution in [0.2, 0.25) is 0 Å². The van der Waals surface area contributed by atoms with Gasteiger partial charge in [0.25, 0.3) is 5.91 Å². The summed E-state index contributed by atoms with van der Waals surface area (Å²) < 4.78 is 49.4. The van der Waals surface area contributed by atoms with Crippen molar-refractivity contribution in [2.24, 2.45) is 0 Å². The SMILES string of the molecule is COc1ccc(C(=O)N2CCCCC2C(F)(F)F)cc1OC. The lowest BCUT2D eigenvalue weighted by atomic mass is 10.00. The lowest BCUT2D eigenvalue weighted by Crippen LogP contribution is -2.51. The molecule has 22 heavy (non-hydrogen) atoms. The third kappa shape index (κ3) is 3.28. The number of benzene rings is 1. The summed E-state index contributed by atoms with van der Waals surface area (Å²) in [5.41, 5.74) is 0.161. The molecular weight excluding hydrogens is 299 g/mol.